The maximum atomic E-state index is 13.1. The van der Waals surface area contributed by atoms with E-state index in [1.54, 1.807) is 18.3 Å². The second kappa shape index (κ2) is 4.21. The summed E-state index contributed by atoms with van der Waals surface area (Å²) in [4.78, 5) is 3.33. The Kier molecular flexibility index (Phi) is 2.98. The summed E-state index contributed by atoms with van der Waals surface area (Å²) in [5, 5.41) is 8.28. The van der Waals surface area contributed by atoms with E-state index >= 15 is 0 Å². The fraction of sp³-hybridized carbons (Fsp3) is 0.111. The lowest BCUT2D eigenvalue weighted by molar-refractivity contribution is 0.402. The number of halogens is 1. The summed E-state index contributed by atoms with van der Waals surface area (Å²) in [5.74, 6) is -0.473. The molecule has 0 saturated heterocycles. The van der Waals surface area contributed by atoms with Crippen molar-refractivity contribution in [3.05, 3.63) is 35.6 Å². The van der Waals surface area contributed by atoms with E-state index in [0.717, 1.165) is 0 Å². The van der Waals surface area contributed by atoms with Crippen LogP contribution in [0.25, 0.3) is 0 Å². The monoisotopic (exact) mass is 178 g/mol. The Morgan fingerprint density at radius 3 is 2.77 bits per heavy atom. The van der Waals surface area contributed by atoms with E-state index in [1.165, 1.54) is 19.2 Å². The van der Waals surface area contributed by atoms with Gasteiger partial charge in [0.2, 0.25) is 12.1 Å². The maximum Gasteiger partial charge on any atom is 0.234 e. The summed E-state index contributed by atoms with van der Waals surface area (Å²) in [7, 11) is 1.34. The Hall–Kier alpha value is -1.89. The molecule has 0 aliphatic carbocycles. The first kappa shape index (κ1) is 9.20. The standard InChI is InChI=1S/C9H7FN2O/c1-13-9(12-6-11)7-4-2-3-5-8(7)10/h2-5H,1H3. The van der Waals surface area contributed by atoms with Crippen LogP contribution in [0.15, 0.2) is 29.3 Å². The number of hydrogen-bond donors (Lipinski definition) is 0. The van der Waals surface area contributed by atoms with Gasteiger partial charge in [0.05, 0.1) is 12.7 Å². The second-order valence-corrected chi connectivity index (χ2v) is 2.20. The van der Waals surface area contributed by atoms with Gasteiger partial charge in [-0.05, 0) is 12.1 Å². The van der Waals surface area contributed by atoms with Gasteiger partial charge < -0.3 is 4.74 Å². The summed E-state index contributed by atoms with van der Waals surface area (Å²) in [5.41, 5.74) is 0.187. The fourth-order valence-corrected chi connectivity index (χ4v) is 0.896. The molecule has 1 aromatic carbocycles. The van der Waals surface area contributed by atoms with Crippen LogP contribution in [0.1, 0.15) is 5.56 Å². The minimum Gasteiger partial charge on any atom is -0.480 e. The first-order valence-electron chi connectivity index (χ1n) is 3.55. The molecular weight excluding hydrogens is 171 g/mol. The lowest BCUT2D eigenvalue weighted by Crippen LogP contribution is -2.05. The Morgan fingerprint density at radius 2 is 2.23 bits per heavy atom. The number of ether oxygens (including phenoxy) is 1. The van der Waals surface area contributed by atoms with Crippen molar-refractivity contribution in [1.82, 2.24) is 0 Å². The van der Waals surface area contributed by atoms with Gasteiger partial charge in [0.25, 0.3) is 0 Å². The molecule has 0 heterocycles. The molecule has 4 heteroatoms. The van der Waals surface area contributed by atoms with Crippen molar-refractivity contribution in [3.8, 4) is 6.19 Å². The maximum absolute atomic E-state index is 13.1. The van der Waals surface area contributed by atoms with Crippen LogP contribution in [0.5, 0.6) is 0 Å². The number of benzene rings is 1. The van der Waals surface area contributed by atoms with Gasteiger partial charge >= 0.3 is 0 Å². The van der Waals surface area contributed by atoms with Gasteiger partial charge in [-0.2, -0.15) is 5.26 Å². The van der Waals surface area contributed by atoms with Crippen LogP contribution in [0.4, 0.5) is 4.39 Å². The molecule has 0 aromatic heterocycles. The number of rotatable bonds is 1. The lowest BCUT2D eigenvalue weighted by Gasteiger charge is -2.02. The van der Waals surface area contributed by atoms with Crippen LogP contribution in [-0.4, -0.2) is 13.0 Å². The molecule has 0 N–H and O–H groups in total. The van der Waals surface area contributed by atoms with Crippen molar-refractivity contribution in [2.75, 3.05) is 7.11 Å². The van der Waals surface area contributed by atoms with Gasteiger partial charge in [-0.25, -0.2) is 4.39 Å². The molecule has 0 atom stereocenters. The molecule has 0 radical (unpaired) electrons. The highest BCUT2D eigenvalue weighted by Crippen LogP contribution is 2.08. The van der Waals surface area contributed by atoms with E-state index in [2.05, 4.69) is 4.99 Å². The predicted octanol–water partition coefficient (Wildman–Crippen LogP) is 1.70. The van der Waals surface area contributed by atoms with Crippen molar-refractivity contribution >= 4 is 5.90 Å². The number of nitriles is 1. The van der Waals surface area contributed by atoms with Gasteiger partial charge in [0.15, 0.2) is 0 Å². The first-order valence-corrected chi connectivity index (χ1v) is 3.55. The third-order valence-electron chi connectivity index (χ3n) is 1.45. The summed E-state index contributed by atoms with van der Waals surface area (Å²) < 4.78 is 17.8. The number of nitrogens with zero attached hydrogens (tertiary/aromatic N) is 2. The molecule has 1 rings (SSSR count). The average molecular weight is 178 g/mol. The average Bonchev–Trinajstić information content (AvgIpc) is 2.16. The highest BCUT2D eigenvalue weighted by Gasteiger charge is 2.08. The van der Waals surface area contributed by atoms with Gasteiger partial charge in [-0.15, -0.1) is 4.99 Å². The van der Waals surface area contributed by atoms with E-state index < -0.39 is 5.82 Å². The summed E-state index contributed by atoms with van der Waals surface area (Å²) in [6.45, 7) is 0. The van der Waals surface area contributed by atoms with E-state index in [-0.39, 0.29) is 11.5 Å². The molecule has 3 nitrogen and oxygen atoms in total. The Bertz CT molecular complexity index is 368. The van der Waals surface area contributed by atoms with Crippen LogP contribution >= 0.6 is 0 Å². The van der Waals surface area contributed by atoms with Gasteiger partial charge in [-0.3, -0.25) is 0 Å². The van der Waals surface area contributed by atoms with Gasteiger partial charge in [0.1, 0.15) is 5.82 Å². The number of aliphatic imine (C=N–C) groups is 1. The minimum absolute atomic E-state index is 0.0133. The molecule has 0 aliphatic heterocycles. The highest BCUT2D eigenvalue weighted by molar-refractivity contribution is 5.94. The molecule has 0 unspecified atom stereocenters. The van der Waals surface area contributed by atoms with Crippen LogP contribution in [0.3, 0.4) is 0 Å². The lowest BCUT2D eigenvalue weighted by atomic mass is 10.2. The molecule has 0 spiro atoms. The molecule has 66 valence electrons. The largest absolute Gasteiger partial charge is 0.480 e. The van der Waals surface area contributed by atoms with Crippen molar-refractivity contribution < 1.29 is 9.13 Å². The zero-order chi connectivity index (χ0) is 9.68. The van der Waals surface area contributed by atoms with Crippen LogP contribution in [0, 0.1) is 17.3 Å². The summed E-state index contributed by atoms with van der Waals surface area (Å²) in [6, 6.07) is 5.97. The van der Waals surface area contributed by atoms with E-state index in [4.69, 9.17) is 10.00 Å². The Labute approximate surface area is 75.1 Å². The number of hydrogen-bond acceptors (Lipinski definition) is 3. The Morgan fingerprint density at radius 1 is 1.54 bits per heavy atom. The first-order chi connectivity index (χ1) is 6.29. The Balaban J connectivity index is 3.14. The van der Waals surface area contributed by atoms with E-state index in [1.807, 2.05) is 0 Å². The normalized spacial score (nSPS) is 10.7. The van der Waals surface area contributed by atoms with Gasteiger partial charge in [0, 0.05) is 0 Å². The van der Waals surface area contributed by atoms with E-state index in [9.17, 15) is 4.39 Å². The topological polar surface area (TPSA) is 45.4 Å². The van der Waals surface area contributed by atoms with Crippen molar-refractivity contribution in [2.24, 2.45) is 4.99 Å². The SMILES string of the molecule is COC(=NC#N)c1ccccc1F. The fourth-order valence-electron chi connectivity index (χ4n) is 0.896. The molecular formula is C9H7FN2O. The molecule has 0 saturated carbocycles. The third-order valence-corrected chi connectivity index (χ3v) is 1.45. The summed E-state index contributed by atoms with van der Waals surface area (Å²) in [6.07, 6.45) is 1.54. The van der Waals surface area contributed by atoms with Crippen LogP contribution < -0.4 is 0 Å². The van der Waals surface area contributed by atoms with Crippen molar-refractivity contribution in [3.63, 3.8) is 0 Å². The molecule has 0 bridgehead atoms. The van der Waals surface area contributed by atoms with Gasteiger partial charge in [-0.1, -0.05) is 12.1 Å². The van der Waals surface area contributed by atoms with E-state index in [0.29, 0.717) is 0 Å². The quantitative estimate of drug-likeness (QED) is 0.373. The summed E-state index contributed by atoms with van der Waals surface area (Å²) >= 11 is 0. The molecule has 0 amide bonds. The van der Waals surface area contributed by atoms with Crippen LogP contribution in [0.2, 0.25) is 0 Å². The molecule has 13 heavy (non-hydrogen) atoms. The van der Waals surface area contributed by atoms with Crippen LogP contribution in [-0.2, 0) is 4.74 Å². The predicted molar refractivity (Wildman–Crippen MR) is 45.6 cm³/mol. The minimum atomic E-state index is -0.460. The zero-order valence-corrected chi connectivity index (χ0v) is 6.99. The van der Waals surface area contributed by atoms with Crippen molar-refractivity contribution in [1.29, 1.82) is 5.26 Å². The zero-order valence-electron chi connectivity index (χ0n) is 6.99. The van der Waals surface area contributed by atoms with Crippen molar-refractivity contribution in [2.45, 2.75) is 0 Å². The number of methoxy groups -OCH3 is 1. The molecule has 0 fully saturated rings. The second-order valence-electron chi connectivity index (χ2n) is 2.20. The highest BCUT2D eigenvalue weighted by atomic mass is 19.1. The smallest absolute Gasteiger partial charge is 0.234 e. The molecule has 0 aliphatic rings. The third kappa shape index (κ3) is 2.03. The molecule has 1 aromatic rings.